The Bertz CT molecular complexity index is 354. The molecule has 0 amide bonds. The van der Waals surface area contributed by atoms with Crippen LogP contribution in [0.2, 0.25) is 0 Å². The van der Waals surface area contributed by atoms with Crippen molar-refractivity contribution in [3.63, 3.8) is 0 Å². The van der Waals surface area contributed by atoms with Gasteiger partial charge in [0.05, 0.1) is 6.61 Å². The van der Waals surface area contributed by atoms with Gasteiger partial charge in [-0.2, -0.15) is 0 Å². The first kappa shape index (κ1) is 11.3. The molecule has 4 nitrogen and oxygen atoms in total. The van der Waals surface area contributed by atoms with Gasteiger partial charge in [-0.1, -0.05) is 0 Å². The number of anilines is 1. The van der Waals surface area contributed by atoms with E-state index in [1.54, 1.807) is 13.4 Å². The van der Waals surface area contributed by atoms with Crippen LogP contribution in [0.4, 0.5) is 5.82 Å². The van der Waals surface area contributed by atoms with Crippen LogP contribution in [-0.2, 0) is 17.6 Å². The van der Waals surface area contributed by atoms with E-state index in [1.165, 1.54) is 24.1 Å². The highest BCUT2D eigenvalue weighted by atomic mass is 16.5. The standard InChI is InChI=1S/C12H19N3O/c1-9(7-16-2)15-12-10-5-3-4-6-11(10)13-8-14-12/h8-9H,3-7H2,1-2H3,(H,13,14,15). The summed E-state index contributed by atoms with van der Waals surface area (Å²) < 4.78 is 5.11. The Balaban J connectivity index is 2.14. The van der Waals surface area contributed by atoms with E-state index in [-0.39, 0.29) is 6.04 Å². The van der Waals surface area contributed by atoms with Gasteiger partial charge in [0.25, 0.3) is 0 Å². The minimum Gasteiger partial charge on any atom is -0.383 e. The van der Waals surface area contributed by atoms with E-state index in [0.29, 0.717) is 6.61 Å². The number of methoxy groups -OCH3 is 1. The van der Waals surface area contributed by atoms with Crippen LogP contribution in [0.25, 0.3) is 0 Å². The molecule has 0 aliphatic heterocycles. The van der Waals surface area contributed by atoms with Crippen molar-refractivity contribution in [2.45, 2.75) is 38.6 Å². The van der Waals surface area contributed by atoms with Gasteiger partial charge in [-0.05, 0) is 32.6 Å². The second-order valence-electron chi connectivity index (χ2n) is 4.36. The van der Waals surface area contributed by atoms with E-state index < -0.39 is 0 Å². The van der Waals surface area contributed by atoms with Gasteiger partial charge in [0.15, 0.2) is 0 Å². The Morgan fingerprint density at radius 1 is 1.38 bits per heavy atom. The maximum absolute atomic E-state index is 5.11. The third-order valence-electron chi connectivity index (χ3n) is 2.92. The number of hydrogen-bond donors (Lipinski definition) is 1. The van der Waals surface area contributed by atoms with Crippen molar-refractivity contribution >= 4 is 5.82 Å². The molecule has 1 aromatic heterocycles. The average molecular weight is 221 g/mol. The van der Waals surface area contributed by atoms with Gasteiger partial charge in [0, 0.05) is 24.4 Å². The topological polar surface area (TPSA) is 47.0 Å². The van der Waals surface area contributed by atoms with Crippen LogP contribution in [-0.4, -0.2) is 29.7 Å². The zero-order valence-corrected chi connectivity index (χ0v) is 9.99. The summed E-state index contributed by atoms with van der Waals surface area (Å²) in [6, 6.07) is 0.283. The lowest BCUT2D eigenvalue weighted by Crippen LogP contribution is -2.23. The fourth-order valence-corrected chi connectivity index (χ4v) is 2.17. The molecule has 1 N–H and O–H groups in total. The summed E-state index contributed by atoms with van der Waals surface area (Å²) in [6.07, 6.45) is 6.33. The maximum atomic E-state index is 5.11. The fraction of sp³-hybridized carbons (Fsp3) is 0.667. The monoisotopic (exact) mass is 221 g/mol. The number of rotatable bonds is 4. The number of hydrogen-bond acceptors (Lipinski definition) is 4. The van der Waals surface area contributed by atoms with Crippen LogP contribution in [0.3, 0.4) is 0 Å². The first-order valence-electron chi connectivity index (χ1n) is 5.89. The van der Waals surface area contributed by atoms with Crippen molar-refractivity contribution in [2.24, 2.45) is 0 Å². The first-order valence-corrected chi connectivity index (χ1v) is 5.89. The predicted octanol–water partition coefficient (Wildman–Crippen LogP) is 1.80. The number of aryl methyl sites for hydroxylation is 1. The summed E-state index contributed by atoms with van der Waals surface area (Å²) in [6.45, 7) is 2.79. The van der Waals surface area contributed by atoms with Crippen LogP contribution < -0.4 is 5.32 Å². The Labute approximate surface area is 96.4 Å². The van der Waals surface area contributed by atoms with Gasteiger partial charge in [0.1, 0.15) is 12.1 Å². The van der Waals surface area contributed by atoms with E-state index in [2.05, 4.69) is 22.2 Å². The predicted molar refractivity (Wildman–Crippen MR) is 63.6 cm³/mol. The first-order chi connectivity index (χ1) is 7.81. The molecule has 16 heavy (non-hydrogen) atoms. The summed E-state index contributed by atoms with van der Waals surface area (Å²) in [5.41, 5.74) is 2.52. The maximum Gasteiger partial charge on any atom is 0.133 e. The molecular weight excluding hydrogens is 202 g/mol. The third kappa shape index (κ3) is 2.50. The van der Waals surface area contributed by atoms with Gasteiger partial charge in [-0.25, -0.2) is 9.97 Å². The largest absolute Gasteiger partial charge is 0.383 e. The van der Waals surface area contributed by atoms with Gasteiger partial charge in [-0.15, -0.1) is 0 Å². The minimum atomic E-state index is 0.283. The van der Waals surface area contributed by atoms with E-state index in [4.69, 9.17) is 4.74 Å². The van der Waals surface area contributed by atoms with Gasteiger partial charge in [-0.3, -0.25) is 0 Å². The van der Waals surface area contributed by atoms with E-state index in [0.717, 1.165) is 18.7 Å². The van der Waals surface area contributed by atoms with Crippen molar-refractivity contribution in [1.82, 2.24) is 9.97 Å². The fourth-order valence-electron chi connectivity index (χ4n) is 2.17. The molecule has 1 atom stereocenters. The molecule has 1 aliphatic carbocycles. The summed E-state index contributed by atoms with van der Waals surface area (Å²) in [7, 11) is 1.72. The molecule has 0 aromatic carbocycles. The molecular formula is C12H19N3O. The second kappa shape index (κ2) is 5.25. The molecule has 1 heterocycles. The van der Waals surface area contributed by atoms with Crippen molar-refractivity contribution < 1.29 is 4.74 Å². The molecule has 2 rings (SSSR count). The molecule has 1 aromatic rings. The number of ether oxygens (including phenoxy) is 1. The lowest BCUT2D eigenvalue weighted by molar-refractivity contribution is 0.190. The molecule has 88 valence electrons. The smallest absolute Gasteiger partial charge is 0.133 e. The van der Waals surface area contributed by atoms with Crippen LogP contribution in [0.1, 0.15) is 31.0 Å². The van der Waals surface area contributed by atoms with Crippen LogP contribution in [0, 0.1) is 0 Å². The van der Waals surface area contributed by atoms with Crippen LogP contribution in [0.15, 0.2) is 6.33 Å². The summed E-state index contributed by atoms with van der Waals surface area (Å²) in [4.78, 5) is 8.69. The SMILES string of the molecule is COCC(C)Nc1ncnc2c1CCCC2. The number of nitrogens with zero attached hydrogens (tertiary/aromatic N) is 2. The number of nitrogens with one attached hydrogen (secondary N) is 1. The number of aromatic nitrogens is 2. The highest BCUT2D eigenvalue weighted by molar-refractivity contribution is 5.47. The lowest BCUT2D eigenvalue weighted by atomic mass is 9.96. The molecule has 0 saturated carbocycles. The molecule has 1 aliphatic rings. The summed E-state index contributed by atoms with van der Waals surface area (Å²) in [5.74, 6) is 0.995. The summed E-state index contributed by atoms with van der Waals surface area (Å²) >= 11 is 0. The Morgan fingerprint density at radius 3 is 3.00 bits per heavy atom. The highest BCUT2D eigenvalue weighted by Crippen LogP contribution is 2.24. The van der Waals surface area contributed by atoms with Crippen LogP contribution in [0.5, 0.6) is 0 Å². The van der Waals surface area contributed by atoms with E-state index in [9.17, 15) is 0 Å². The molecule has 0 radical (unpaired) electrons. The van der Waals surface area contributed by atoms with Crippen molar-refractivity contribution in [1.29, 1.82) is 0 Å². The third-order valence-corrected chi connectivity index (χ3v) is 2.92. The molecule has 0 spiro atoms. The molecule has 0 bridgehead atoms. The highest BCUT2D eigenvalue weighted by Gasteiger charge is 2.16. The van der Waals surface area contributed by atoms with Crippen LogP contribution >= 0.6 is 0 Å². The van der Waals surface area contributed by atoms with E-state index >= 15 is 0 Å². The number of fused-ring (bicyclic) bond motifs is 1. The quantitative estimate of drug-likeness (QED) is 0.842. The Kier molecular flexibility index (Phi) is 3.72. The van der Waals surface area contributed by atoms with Crippen molar-refractivity contribution in [3.05, 3.63) is 17.6 Å². The normalized spacial score (nSPS) is 16.6. The van der Waals surface area contributed by atoms with Gasteiger partial charge < -0.3 is 10.1 Å². The zero-order valence-electron chi connectivity index (χ0n) is 9.99. The van der Waals surface area contributed by atoms with E-state index in [1.807, 2.05) is 0 Å². The van der Waals surface area contributed by atoms with Crippen molar-refractivity contribution in [3.8, 4) is 0 Å². The molecule has 0 fully saturated rings. The zero-order chi connectivity index (χ0) is 11.4. The molecule has 1 unspecified atom stereocenters. The molecule has 4 heteroatoms. The Hall–Kier alpha value is -1.16. The Morgan fingerprint density at radius 2 is 2.19 bits per heavy atom. The lowest BCUT2D eigenvalue weighted by Gasteiger charge is -2.20. The molecule has 0 saturated heterocycles. The van der Waals surface area contributed by atoms with Crippen molar-refractivity contribution in [2.75, 3.05) is 19.0 Å². The average Bonchev–Trinajstić information content (AvgIpc) is 2.30. The van der Waals surface area contributed by atoms with Gasteiger partial charge in [0.2, 0.25) is 0 Å². The minimum absolute atomic E-state index is 0.283. The van der Waals surface area contributed by atoms with Gasteiger partial charge >= 0.3 is 0 Å². The second-order valence-corrected chi connectivity index (χ2v) is 4.36. The summed E-state index contributed by atoms with van der Waals surface area (Å²) in [5, 5.41) is 3.39.